The van der Waals surface area contributed by atoms with Crippen LogP contribution in [0.25, 0.3) is 0 Å². The molecule has 0 aromatic carbocycles. The van der Waals surface area contributed by atoms with Gasteiger partial charge < -0.3 is 4.48 Å². The second kappa shape index (κ2) is 5.25. The van der Waals surface area contributed by atoms with Gasteiger partial charge in [0, 0.05) is 0 Å². The lowest BCUT2D eigenvalue weighted by Gasteiger charge is -2.35. The molecule has 5 nitrogen and oxygen atoms in total. The molecule has 0 spiro atoms. The summed E-state index contributed by atoms with van der Waals surface area (Å²) >= 11 is 0. The van der Waals surface area contributed by atoms with E-state index < -0.39 is 10.2 Å². The molecule has 0 unspecified atom stereocenters. The van der Waals surface area contributed by atoms with Gasteiger partial charge in [0.2, 0.25) is 0 Å². The van der Waals surface area contributed by atoms with Gasteiger partial charge >= 0.3 is 0 Å². The molecule has 0 radical (unpaired) electrons. The molecule has 0 amide bonds. The van der Waals surface area contributed by atoms with Crippen LogP contribution in [0.5, 0.6) is 0 Å². The first-order valence-electron chi connectivity index (χ1n) is 4.54. The highest BCUT2D eigenvalue weighted by atomic mass is 35.7. The highest BCUT2D eigenvalue weighted by molar-refractivity contribution is 4.57. The summed E-state index contributed by atoms with van der Waals surface area (Å²) in [6.07, 6.45) is 2.85. The summed E-state index contributed by atoms with van der Waals surface area (Å²) < 4.78 is 35.2. The van der Waals surface area contributed by atoms with Crippen molar-refractivity contribution >= 4 is 0 Å². The molecule has 0 bridgehead atoms. The minimum atomic E-state index is -4.94. The summed E-state index contributed by atoms with van der Waals surface area (Å²) in [5.74, 6) is 0.983. The van der Waals surface area contributed by atoms with E-state index in [0.717, 1.165) is 5.92 Å². The van der Waals surface area contributed by atoms with Crippen LogP contribution in [0.3, 0.4) is 0 Å². The highest BCUT2D eigenvalue weighted by Crippen LogP contribution is 2.18. The SMILES string of the molecule is CC1CC[N+](C)(C)CC1.[O-][Cl+3]([O-])([O-])[O-]. The number of hydrogen-bond acceptors (Lipinski definition) is 4. The third-order valence-electron chi connectivity index (χ3n) is 2.45. The molecule has 14 heavy (non-hydrogen) atoms. The average Bonchev–Trinajstić information content (AvgIpc) is 1.92. The topological polar surface area (TPSA) is 92.2 Å². The smallest absolute Gasteiger partial charge is 0.0785 e. The molecule has 6 heteroatoms. The van der Waals surface area contributed by atoms with E-state index in [9.17, 15) is 0 Å². The van der Waals surface area contributed by atoms with Gasteiger partial charge in [-0.1, -0.05) is 6.92 Å². The summed E-state index contributed by atoms with van der Waals surface area (Å²) in [7, 11) is -0.294. The van der Waals surface area contributed by atoms with E-state index in [2.05, 4.69) is 21.0 Å². The molecule has 1 aliphatic rings. The van der Waals surface area contributed by atoms with Crippen LogP contribution in [-0.4, -0.2) is 31.7 Å². The van der Waals surface area contributed by atoms with E-state index in [1.165, 1.54) is 30.4 Å². The number of likely N-dealkylation sites (tertiary alicyclic amines) is 1. The first kappa shape index (κ1) is 14.1. The standard InChI is InChI=1S/C8H18N.ClHO4/c1-8-4-6-9(2,3)7-5-8;2-1(3,4)5/h8H,4-7H2,1-3H3;(H,2,3,4,5)/q+1;/p-1. The number of quaternary nitrogens is 1. The first-order valence-corrected chi connectivity index (χ1v) is 5.77. The molecule has 86 valence electrons. The second-order valence-electron chi connectivity index (χ2n) is 4.44. The van der Waals surface area contributed by atoms with Crippen LogP contribution in [0, 0.1) is 16.2 Å². The summed E-state index contributed by atoms with van der Waals surface area (Å²) in [4.78, 5) is 0. The van der Waals surface area contributed by atoms with Gasteiger partial charge in [0.1, 0.15) is 0 Å². The van der Waals surface area contributed by atoms with Crippen LogP contribution < -0.4 is 18.6 Å². The van der Waals surface area contributed by atoms with Crippen molar-refractivity contribution in [1.29, 1.82) is 0 Å². The number of hydrogen-bond donors (Lipinski definition) is 0. The van der Waals surface area contributed by atoms with Crippen LogP contribution in [0.1, 0.15) is 19.8 Å². The van der Waals surface area contributed by atoms with Crippen LogP contribution >= 0.6 is 0 Å². The molecule has 1 fully saturated rings. The van der Waals surface area contributed by atoms with E-state index in [-0.39, 0.29) is 0 Å². The Bertz CT molecular complexity index is 153. The van der Waals surface area contributed by atoms with E-state index in [0.29, 0.717) is 0 Å². The Morgan fingerprint density at radius 1 is 1.00 bits per heavy atom. The molecule has 0 saturated carbocycles. The largest absolute Gasteiger partial charge is 0.328 e. The van der Waals surface area contributed by atoms with Gasteiger partial charge in [0.05, 0.1) is 27.2 Å². The van der Waals surface area contributed by atoms with Crippen molar-refractivity contribution in [3.8, 4) is 0 Å². The van der Waals surface area contributed by atoms with Crippen LogP contribution in [-0.2, 0) is 0 Å². The summed E-state index contributed by atoms with van der Waals surface area (Å²) in [6, 6.07) is 0. The number of nitrogens with zero attached hydrogens (tertiary/aromatic N) is 1. The predicted octanol–water partition coefficient (Wildman–Crippen LogP) is -3.26. The zero-order chi connectivity index (χ0) is 11.4. The van der Waals surface area contributed by atoms with E-state index in [1.807, 2.05) is 0 Å². The Labute approximate surface area is 86.9 Å². The molecule has 0 atom stereocenters. The van der Waals surface area contributed by atoms with Crippen LogP contribution in [0.2, 0.25) is 0 Å². The number of halogens is 1. The minimum absolute atomic E-state index is 0.983. The number of piperidine rings is 1. The van der Waals surface area contributed by atoms with Gasteiger partial charge in [-0.05, 0) is 18.8 Å². The van der Waals surface area contributed by atoms with Crippen molar-refractivity contribution in [2.24, 2.45) is 5.92 Å². The quantitative estimate of drug-likeness (QED) is 0.406. The number of rotatable bonds is 0. The zero-order valence-electron chi connectivity index (χ0n) is 8.86. The van der Waals surface area contributed by atoms with Gasteiger partial charge in [-0.2, -0.15) is 0 Å². The highest BCUT2D eigenvalue weighted by Gasteiger charge is 2.22. The van der Waals surface area contributed by atoms with E-state index >= 15 is 0 Å². The Hall–Kier alpha value is 0.0900. The van der Waals surface area contributed by atoms with Crippen molar-refractivity contribution < 1.29 is 33.4 Å². The van der Waals surface area contributed by atoms with E-state index in [4.69, 9.17) is 18.6 Å². The lowest BCUT2D eigenvalue weighted by Crippen LogP contribution is -2.68. The lowest BCUT2D eigenvalue weighted by molar-refractivity contribution is -2.00. The predicted molar refractivity (Wildman–Crippen MR) is 40.2 cm³/mol. The first-order chi connectivity index (χ1) is 6.10. The molecule has 1 saturated heterocycles. The van der Waals surface area contributed by atoms with Crippen molar-refractivity contribution in [3.63, 3.8) is 0 Å². The maximum atomic E-state index is 8.49. The minimum Gasteiger partial charge on any atom is -0.328 e. The molecule has 1 rings (SSSR count). The molecule has 1 heterocycles. The Kier molecular flexibility index (Phi) is 5.28. The monoisotopic (exact) mass is 227 g/mol. The van der Waals surface area contributed by atoms with Gasteiger partial charge in [0.15, 0.2) is 0 Å². The Balaban J connectivity index is 0.000000292. The summed E-state index contributed by atoms with van der Waals surface area (Å²) in [6.45, 7) is 5.11. The Morgan fingerprint density at radius 2 is 1.29 bits per heavy atom. The third-order valence-corrected chi connectivity index (χ3v) is 2.45. The summed E-state index contributed by atoms with van der Waals surface area (Å²) in [5.41, 5.74) is 0. The molecule has 0 N–H and O–H groups in total. The fraction of sp³-hybridized carbons (Fsp3) is 1.00. The fourth-order valence-corrected chi connectivity index (χ4v) is 1.40. The maximum Gasteiger partial charge on any atom is 0.0785 e. The molecular formula is C8H18ClNO4. The normalized spacial score (nSPS) is 22.5. The molecule has 0 aromatic rings. The second-order valence-corrected chi connectivity index (χ2v) is 5.20. The Morgan fingerprint density at radius 3 is 1.50 bits per heavy atom. The van der Waals surface area contributed by atoms with Crippen LogP contribution in [0.4, 0.5) is 0 Å². The summed E-state index contributed by atoms with van der Waals surface area (Å²) in [5, 5.41) is 0. The van der Waals surface area contributed by atoms with Crippen LogP contribution in [0.15, 0.2) is 0 Å². The average molecular weight is 228 g/mol. The molecule has 1 aliphatic heterocycles. The van der Waals surface area contributed by atoms with Gasteiger partial charge in [0.25, 0.3) is 0 Å². The van der Waals surface area contributed by atoms with Gasteiger partial charge in [-0.15, -0.1) is 10.2 Å². The van der Waals surface area contributed by atoms with Crippen molar-refractivity contribution in [1.82, 2.24) is 0 Å². The fourth-order valence-electron chi connectivity index (χ4n) is 1.40. The van der Waals surface area contributed by atoms with Gasteiger partial charge in [-0.3, -0.25) is 0 Å². The lowest BCUT2D eigenvalue weighted by atomic mass is 9.98. The van der Waals surface area contributed by atoms with Crippen molar-refractivity contribution in [2.45, 2.75) is 19.8 Å². The van der Waals surface area contributed by atoms with Crippen molar-refractivity contribution in [3.05, 3.63) is 0 Å². The molecular weight excluding hydrogens is 210 g/mol. The zero-order valence-corrected chi connectivity index (χ0v) is 9.62. The van der Waals surface area contributed by atoms with Crippen molar-refractivity contribution in [2.75, 3.05) is 27.2 Å². The van der Waals surface area contributed by atoms with Gasteiger partial charge in [-0.25, -0.2) is 18.6 Å². The third kappa shape index (κ3) is 10.2. The molecule has 0 aliphatic carbocycles. The maximum absolute atomic E-state index is 8.49. The van der Waals surface area contributed by atoms with E-state index in [1.54, 1.807) is 0 Å². The molecule has 0 aromatic heterocycles.